The van der Waals surface area contributed by atoms with Gasteiger partial charge in [-0.3, -0.25) is 0 Å². The smallest absolute Gasteiger partial charge is 0.407 e. The molecule has 1 rings (SSSR count). The average molecular weight is 452 g/mol. The van der Waals surface area contributed by atoms with Crippen molar-refractivity contribution in [3.05, 3.63) is 35.9 Å². The molecule has 3 N–H and O–H groups in total. The molecular weight excluding hydrogens is 406 g/mol. The Morgan fingerprint density at radius 2 is 1.59 bits per heavy atom. The summed E-state index contributed by atoms with van der Waals surface area (Å²) in [6.07, 6.45) is -0.362. The molecule has 184 valence electrons. The Balaban J connectivity index is 2.81. The highest BCUT2D eigenvalue weighted by molar-refractivity contribution is 5.68. The second-order valence-electron chi connectivity index (χ2n) is 10.5. The van der Waals surface area contributed by atoms with Gasteiger partial charge in [0, 0.05) is 6.61 Å². The molecule has 6 heteroatoms. The monoisotopic (exact) mass is 451 g/mol. The summed E-state index contributed by atoms with van der Waals surface area (Å²) in [5, 5.41) is 23.8. The number of nitrogens with one attached hydrogen (secondary N) is 1. The van der Waals surface area contributed by atoms with Crippen LogP contribution in [0, 0.1) is 23.7 Å². The van der Waals surface area contributed by atoms with Crippen LogP contribution >= 0.6 is 0 Å². The van der Waals surface area contributed by atoms with Crippen LogP contribution < -0.4 is 5.32 Å². The SMILES string of the molecule is CC(C)[C@@H](COCc1ccccc1)C[C@@H](O)[C@H](C[C@H](CO)C(C)C)NC(=O)OC(C)(C)C. The average Bonchev–Trinajstić information content (AvgIpc) is 2.69. The number of aliphatic hydroxyl groups is 2. The van der Waals surface area contributed by atoms with Crippen molar-refractivity contribution in [2.45, 2.75) is 85.7 Å². The summed E-state index contributed by atoms with van der Waals surface area (Å²) in [5.41, 5.74) is 0.488. The highest BCUT2D eigenvalue weighted by Gasteiger charge is 2.30. The number of hydrogen-bond acceptors (Lipinski definition) is 5. The lowest BCUT2D eigenvalue weighted by molar-refractivity contribution is 0.0151. The molecule has 6 nitrogen and oxygen atoms in total. The van der Waals surface area contributed by atoms with Gasteiger partial charge in [0.2, 0.25) is 0 Å². The van der Waals surface area contributed by atoms with Crippen LogP contribution in [0.3, 0.4) is 0 Å². The highest BCUT2D eigenvalue weighted by atomic mass is 16.6. The summed E-state index contributed by atoms with van der Waals surface area (Å²) >= 11 is 0. The molecule has 0 unspecified atom stereocenters. The Bertz CT molecular complexity index is 641. The molecular formula is C26H45NO5. The minimum Gasteiger partial charge on any atom is -0.444 e. The first-order valence-electron chi connectivity index (χ1n) is 11.8. The number of ether oxygens (including phenoxy) is 2. The van der Waals surface area contributed by atoms with E-state index in [9.17, 15) is 15.0 Å². The predicted molar refractivity (Wildman–Crippen MR) is 128 cm³/mol. The highest BCUT2D eigenvalue weighted by Crippen LogP contribution is 2.24. The molecule has 0 saturated heterocycles. The number of rotatable bonds is 13. The summed E-state index contributed by atoms with van der Waals surface area (Å²) in [4.78, 5) is 12.4. The minimum atomic E-state index is -0.775. The third-order valence-electron chi connectivity index (χ3n) is 5.83. The van der Waals surface area contributed by atoms with Gasteiger partial charge in [0.15, 0.2) is 0 Å². The maximum absolute atomic E-state index is 12.4. The number of alkyl carbamates (subject to hydrolysis) is 1. The van der Waals surface area contributed by atoms with Crippen LogP contribution in [0.2, 0.25) is 0 Å². The van der Waals surface area contributed by atoms with Gasteiger partial charge >= 0.3 is 6.09 Å². The fourth-order valence-corrected chi connectivity index (χ4v) is 3.56. The van der Waals surface area contributed by atoms with E-state index in [-0.39, 0.29) is 24.4 Å². The van der Waals surface area contributed by atoms with E-state index in [4.69, 9.17) is 9.47 Å². The van der Waals surface area contributed by atoms with Gasteiger partial charge in [0.25, 0.3) is 0 Å². The van der Waals surface area contributed by atoms with E-state index in [1.165, 1.54) is 0 Å². The maximum Gasteiger partial charge on any atom is 0.407 e. The first-order chi connectivity index (χ1) is 14.9. The Hall–Kier alpha value is -1.63. The molecule has 0 aliphatic heterocycles. The maximum atomic E-state index is 12.4. The molecule has 0 bridgehead atoms. The molecule has 4 atom stereocenters. The van der Waals surface area contributed by atoms with Crippen molar-refractivity contribution in [2.75, 3.05) is 13.2 Å². The molecule has 1 amide bonds. The number of amides is 1. The molecule has 0 saturated carbocycles. The molecule has 32 heavy (non-hydrogen) atoms. The van der Waals surface area contributed by atoms with Crippen LogP contribution in [0.15, 0.2) is 30.3 Å². The topological polar surface area (TPSA) is 88.0 Å². The van der Waals surface area contributed by atoms with Crippen molar-refractivity contribution in [1.82, 2.24) is 5.32 Å². The molecule has 0 fully saturated rings. The minimum absolute atomic E-state index is 0.00464. The molecule has 1 aromatic rings. The summed E-state index contributed by atoms with van der Waals surface area (Å²) in [7, 11) is 0. The Morgan fingerprint density at radius 1 is 1.00 bits per heavy atom. The number of hydrogen-bond donors (Lipinski definition) is 3. The first kappa shape index (κ1) is 28.4. The van der Waals surface area contributed by atoms with E-state index >= 15 is 0 Å². The van der Waals surface area contributed by atoms with Gasteiger partial charge in [-0.15, -0.1) is 0 Å². The fraction of sp³-hybridized carbons (Fsp3) is 0.731. The molecule has 0 aliphatic rings. The van der Waals surface area contributed by atoms with Crippen molar-refractivity contribution in [1.29, 1.82) is 0 Å². The molecule has 0 aromatic heterocycles. The normalized spacial score (nSPS) is 16.0. The van der Waals surface area contributed by atoms with Gasteiger partial charge in [0.05, 0.1) is 25.4 Å². The van der Waals surface area contributed by atoms with E-state index in [1.54, 1.807) is 0 Å². The number of benzene rings is 1. The van der Waals surface area contributed by atoms with Gasteiger partial charge in [-0.1, -0.05) is 58.0 Å². The van der Waals surface area contributed by atoms with Crippen molar-refractivity contribution in [3.8, 4) is 0 Å². The number of carbonyl (C=O) groups is 1. The zero-order chi connectivity index (χ0) is 24.3. The molecule has 0 heterocycles. The van der Waals surface area contributed by atoms with E-state index in [1.807, 2.05) is 65.0 Å². The lowest BCUT2D eigenvalue weighted by Gasteiger charge is -2.32. The van der Waals surface area contributed by atoms with Crippen LogP contribution in [0.5, 0.6) is 0 Å². The largest absolute Gasteiger partial charge is 0.444 e. The molecule has 0 radical (unpaired) electrons. The van der Waals surface area contributed by atoms with Crippen LogP contribution in [0.25, 0.3) is 0 Å². The summed E-state index contributed by atoms with van der Waals surface area (Å²) in [6.45, 7) is 14.8. The van der Waals surface area contributed by atoms with Crippen LogP contribution in [-0.2, 0) is 16.1 Å². The third kappa shape index (κ3) is 11.3. The second kappa shape index (κ2) is 13.8. The zero-order valence-corrected chi connectivity index (χ0v) is 21.0. The first-order valence-corrected chi connectivity index (χ1v) is 11.8. The molecule has 0 aliphatic carbocycles. The van der Waals surface area contributed by atoms with Gasteiger partial charge < -0.3 is 25.0 Å². The van der Waals surface area contributed by atoms with E-state index in [0.717, 1.165) is 5.56 Å². The zero-order valence-electron chi connectivity index (χ0n) is 21.0. The van der Waals surface area contributed by atoms with Gasteiger partial charge in [-0.25, -0.2) is 4.79 Å². The fourth-order valence-electron chi connectivity index (χ4n) is 3.56. The summed E-state index contributed by atoms with van der Waals surface area (Å²) in [6, 6.07) is 9.50. The lowest BCUT2D eigenvalue weighted by atomic mass is 9.84. The van der Waals surface area contributed by atoms with Crippen LogP contribution in [-0.4, -0.2) is 47.3 Å². The predicted octanol–water partition coefficient (Wildman–Crippen LogP) is 4.77. The van der Waals surface area contributed by atoms with Crippen molar-refractivity contribution >= 4 is 6.09 Å². The van der Waals surface area contributed by atoms with Crippen LogP contribution in [0.1, 0.15) is 66.9 Å². The standard InChI is InChI=1S/C26H45NO5/c1-18(2)21(15-28)13-23(27-25(30)32-26(5,6)7)24(29)14-22(19(3)4)17-31-16-20-11-9-8-10-12-20/h8-12,18-19,21-24,28-29H,13-17H2,1-7H3,(H,27,30)/t21-,22-,23+,24-/m1/s1. The van der Waals surface area contributed by atoms with E-state index in [2.05, 4.69) is 19.2 Å². The van der Waals surface area contributed by atoms with E-state index in [0.29, 0.717) is 32.0 Å². The summed E-state index contributed by atoms with van der Waals surface area (Å²) in [5.74, 6) is 0.631. The quantitative estimate of drug-likeness (QED) is 0.402. The Labute approximate surface area is 194 Å². The lowest BCUT2D eigenvalue weighted by Crippen LogP contribution is -2.48. The van der Waals surface area contributed by atoms with Crippen LogP contribution in [0.4, 0.5) is 4.79 Å². The van der Waals surface area contributed by atoms with Gasteiger partial charge in [0.1, 0.15) is 5.60 Å². The number of carbonyl (C=O) groups excluding carboxylic acids is 1. The third-order valence-corrected chi connectivity index (χ3v) is 5.83. The van der Waals surface area contributed by atoms with Crippen molar-refractivity contribution in [3.63, 3.8) is 0 Å². The van der Waals surface area contributed by atoms with Gasteiger partial charge in [-0.05, 0) is 62.8 Å². The molecule has 0 spiro atoms. The van der Waals surface area contributed by atoms with Gasteiger partial charge in [-0.2, -0.15) is 0 Å². The number of aliphatic hydroxyl groups excluding tert-OH is 2. The Kier molecular flexibility index (Phi) is 12.3. The Morgan fingerprint density at radius 3 is 2.09 bits per heavy atom. The van der Waals surface area contributed by atoms with E-state index < -0.39 is 23.8 Å². The van der Waals surface area contributed by atoms with Crippen molar-refractivity contribution < 1.29 is 24.5 Å². The van der Waals surface area contributed by atoms with Crippen molar-refractivity contribution in [2.24, 2.45) is 23.7 Å². The molecule has 1 aromatic carbocycles. The second-order valence-corrected chi connectivity index (χ2v) is 10.5. The summed E-state index contributed by atoms with van der Waals surface area (Å²) < 4.78 is 11.4.